The van der Waals surface area contributed by atoms with Crippen LogP contribution in [0, 0.1) is 0 Å². The first-order valence-corrected chi connectivity index (χ1v) is 5.42. The van der Waals surface area contributed by atoms with Gasteiger partial charge in [-0.05, 0) is 26.1 Å². The van der Waals surface area contributed by atoms with E-state index in [0.29, 0.717) is 25.7 Å². The van der Waals surface area contributed by atoms with Gasteiger partial charge in [0.05, 0.1) is 0 Å². The van der Waals surface area contributed by atoms with Crippen molar-refractivity contribution in [2.75, 3.05) is 0 Å². The van der Waals surface area contributed by atoms with Crippen LogP contribution in [0.15, 0.2) is 12.2 Å². The quantitative estimate of drug-likeness (QED) is 0.273. The minimum Gasteiger partial charge on any atom is -0.480 e. The highest BCUT2D eigenvalue weighted by Gasteiger charge is 2.31. The number of nitrogens with two attached hydrogens (primary N) is 1. The zero-order valence-electron chi connectivity index (χ0n) is 9.59. The van der Waals surface area contributed by atoms with Gasteiger partial charge >= 0.3 is 13.1 Å². The number of carbonyl (C=O) groups is 1. The fraction of sp³-hybridized carbons (Fsp3) is 0.700. The summed E-state index contributed by atoms with van der Waals surface area (Å²) in [6, 6.07) is 0. The topological polar surface area (TPSA) is 104 Å². The van der Waals surface area contributed by atoms with Gasteiger partial charge in [-0.25, -0.2) is 0 Å². The SMILES string of the molecule is CC=CCC(N)(CCCCB(O)O)C(=O)O. The van der Waals surface area contributed by atoms with E-state index < -0.39 is 18.6 Å². The lowest BCUT2D eigenvalue weighted by atomic mass is 9.81. The molecule has 0 heterocycles. The Morgan fingerprint density at radius 3 is 2.50 bits per heavy atom. The summed E-state index contributed by atoms with van der Waals surface area (Å²) in [5.41, 5.74) is 4.52. The highest BCUT2D eigenvalue weighted by molar-refractivity contribution is 6.40. The van der Waals surface area contributed by atoms with Crippen molar-refractivity contribution in [3.63, 3.8) is 0 Å². The van der Waals surface area contributed by atoms with E-state index in [1.807, 2.05) is 6.92 Å². The number of hydrogen-bond acceptors (Lipinski definition) is 4. The molecular formula is C10H20BNO4. The standard InChI is InChI=1S/C10H20BNO4/c1-2-3-6-10(12,9(13)14)7-4-5-8-11(15)16/h2-3,15-16H,4-8,12H2,1H3,(H,13,14). The Morgan fingerprint density at radius 1 is 1.44 bits per heavy atom. The van der Waals surface area contributed by atoms with Crippen LogP contribution >= 0.6 is 0 Å². The molecule has 6 heteroatoms. The summed E-state index contributed by atoms with van der Waals surface area (Å²) in [4.78, 5) is 11.0. The number of unbranched alkanes of at least 4 members (excludes halogenated alkanes) is 1. The van der Waals surface area contributed by atoms with E-state index in [9.17, 15) is 4.79 Å². The minimum atomic E-state index is -1.33. The zero-order valence-corrected chi connectivity index (χ0v) is 9.59. The molecule has 5 nitrogen and oxygen atoms in total. The van der Waals surface area contributed by atoms with Crippen molar-refractivity contribution in [3.05, 3.63) is 12.2 Å². The number of rotatable bonds is 8. The predicted molar refractivity (Wildman–Crippen MR) is 62.8 cm³/mol. The molecule has 0 aromatic heterocycles. The highest BCUT2D eigenvalue weighted by Crippen LogP contribution is 2.18. The zero-order chi connectivity index (χ0) is 12.6. The highest BCUT2D eigenvalue weighted by atomic mass is 16.4. The van der Waals surface area contributed by atoms with Crippen LogP contribution in [0.5, 0.6) is 0 Å². The lowest BCUT2D eigenvalue weighted by Gasteiger charge is -2.23. The Kier molecular flexibility index (Phi) is 7.04. The summed E-state index contributed by atoms with van der Waals surface area (Å²) in [5, 5.41) is 26.3. The van der Waals surface area contributed by atoms with Gasteiger partial charge in [0, 0.05) is 0 Å². The van der Waals surface area contributed by atoms with E-state index >= 15 is 0 Å². The fourth-order valence-electron chi connectivity index (χ4n) is 1.39. The molecule has 0 radical (unpaired) electrons. The molecule has 0 bridgehead atoms. The monoisotopic (exact) mass is 229 g/mol. The average molecular weight is 229 g/mol. The van der Waals surface area contributed by atoms with Crippen molar-refractivity contribution in [2.24, 2.45) is 5.73 Å². The summed E-state index contributed by atoms with van der Waals surface area (Å²) in [6.07, 6.45) is 5.49. The predicted octanol–water partition coefficient (Wildman–Crippen LogP) is 0.378. The summed E-state index contributed by atoms with van der Waals surface area (Å²) < 4.78 is 0. The van der Waals surface area contributed by atoms with Crippen LogP contribution in [0.2, 0.25) is 6.32 Å². The molecule has 0 rings (SSSR count). The molecule has 92 valence electrons. The molecule has 0 aliphatic carbocycles. The third-order valence-electron chi connectivity index (χ3n) is 2.48. The fourth-order valence-corrected chi connectivity index (χ4v) is 1.39. The van der Waals surface area contributed by atoms with Crippen molar-refractivity contribution in [2.45, 2.75) is 44.5 Å². The summed E-state index contributed by atoms with van der Waals surface area (Å²) in [5.74, 6) is -1.02. The van der Waals surface area contributed by atoms with Crippen LogP contribution in [0.3, 0.4) is 0 Å². The second kappa shape index (κ2) is 7.43. The van der Waals surface area contributed by atoms with Crippen LogP contribution in [0.25, 0.3) is 0 Å². The molecule has 0 aromatic rings. The lowest BCUT2D eigenvalue weighted by molar-refractivity contribution is -0.143. The molecule has 1 atom stereocenters. The first-order valence-electron chi connectivity index (χ1n) is 5.42. The maximum atomic E-state index is 11.0. The summed E-state index contributed by atoms with van der Waals surface area (Å²) in [7, 11) is -1.33. The minimum absolute atomic E-state index is 0.249. The number of hydrogen-bond donors (Lipinski definition) is 4. The van der Waals surface area contributed by atoms with Gasteiger partial charge in [-0.3, -0.25) is 4.79 Å². The first-order chi connectivity index (χ1) is 7.42. The van der Waals surface area contributed by atoms with Gasteiger partial charge in [-0.1, -0.05) is 25.0 Å². The Bertz CT molecular complexity index is 245. The van der Waals surface area contributed by atoms with E-state index in [1.54, 1.807) is 12.2 Å². The third kappa shape index (κ3) is 5.90. The Morgan fingerprint density at radius 2 is 2.06 bits per heavy atom. The molecule has 0 spiro atoms. The number of allylic oxidation sites excluding steroid dienone is 1. The molecule has 1 unspecified atom stereocenters. The molecule has 16 heavy (non-hydrogen) atoms. The van der Waals surface area contributed by atoms with Crippen molar-refractivity contribution in [1.82, 2.24) is 0 Å². The van der Waals surface area contributed by atoms with Gasteiger partial charge in [0.15, 0.2) is 0 Å². The molecule has 0 saturated carbocycles. The Hall–Kier alpha value is -0.845. The van der Waals surface area contributed by atoms with Crippen molar-refractivity contribution >= 4 is 13.1 Å². The Balaban J connectivity index is 4.08. The van der Waals surface area contributed by atoms with Gasteiger partial charge in [0.25, 0.3) is 0 Å². The van der Waals surface area contributed by atoms with E-state index in [0.717, 1.165) is 0 Å². The van der Waals surface area contributed by atoms with Crippen molar-refractivity contribution in [1.29, 1.82) is 0 Å². The van der Waals surface area contributed by atoms with E-state index in [-0.39, 0.29) is 6.32 Å². The second-order valence-electron chi connectivity index (χ2n) is 3.96. The first kappa shape index (κ1) is 15.2. The molecule has 5 N–H and O–H groups in total. The maximum Gasteiger partial charge on any atom is 0.451 e. The number of carboxylic acids is 1. The van der Waals surface area contributed by atoms with Crippen LogP contribution in [-0.2, 0) is 4.79 Å². The van der Waals surface area contributed by atoms with Gasteiger partial charge in [-0.2, -0.15) is 0 Å². The molecule has 0 fully saturated rings. The van der Waals surface area contributed by atoms with Gasteiger partial charge in [0.1, 0.15) is 5.54 Å². The third-order valence-corrected chi connectivity index (χ3v) is 2.48. The largest absolute Gasteiger partial charge is 0.480 e. The van der Waals surface area contributed by atoms with Gasteiger partial charge < -0.3 is 20.9 Å². The van der Waals surface area contributed by atoms with E-state index in [2.05, 4.69) is 0 Å². The number of aliphatic carboxylic acids is 1. The van der Waals surface area contributed by atoms with Crippen LogP contribution in [0.1, 0.15) is 32.6 Å². The van der Waals surface area contributed by atoms with E-state index in [4.69, 9.17) is 20.9 Å². The van der Waals surface area contributed by atoms with Gasteiger partial charge in [0.2, 0.25) is 0 Å². The summed E-state index contributed by atoms with van der Waals surface area (Å²) in [6.45, 7) is 1.81. The molecular weight excluding hydrogens is 209 g/mol. The number of carboxylic acid groups (broad SMARTS) is 1. The normalized spacial score (nSPS) is 15.0. The van der Waals surface area contributed by atoms with Crippen LogP contribution < -0.4 is 5.73 Å². The van der Waals surface area contributed by atoms with E-state index in [1.165, 1.54) is 0 Å². The average Bonchev–Trinajstić information content (AvgIpc) is 2.21. The molecule has 0 amide bonds. The molecule has 0 aliphatic rings. The maximum absolute atomic E-state index is 11.0. The smallest absolute Gasteiger partial charge is 0.451 e. The molecule has 0 saturated heterocycles. The Labute approximate surface area is 96.1 Å². The molecule has 0 aromatic carbocycles. The lowest BCUT2D eigenvalue weighted by Crippen LogP contribution is -2.47. The van der Waals surface area contributed by atoms with Crippen molar-refractivity contribution < 1.29 is 19.9 Å². The van der Waals surface area contributed by atoms with Crippen LogP contribution in [-0.4, -0.2) is 33.8 Å². The molecule has 0 aliphatic heterocycles. The second-order valence-corrected chi connectivity index (χ2v) is 3.96. The van der Waals surface area contributed by atoms with Gasteiger partial charge in [-0.15, -0.1) is 0 Å². The summed E-state index contributed by atoms with van der Waals surface area (Å²) >= 11 is 0. The van der Waals surface area contributed by atoms with Crippen molar-refractivity contribution in [3.8, 4) is 0 Å². The van der Waals surface area contributed by atoms with Crippen LogP contribution in [0.4, 0.5) is 0 Å².